The number of hydrogen-bond acceptors (Lipinski definition) is 2. The molecule has 2 aromatic carbocycles. The van der Waals surface area contributed by atoms with E-state index in [4.69, 9.17) is 16.3 Å². The summed E-state index contributed by atoms with van der Waals surface area (Å²) in [6.07, 6.45) is 1.27. The monoisotopic (exact) mass is 292 g/mol. The Morgan fingerprint density at radius 2 is 2.10 bits per heavy atom. The first-order chi connectivity index (χ1) is 9.63. The molecule has 0 amide bonds. The average molecular weight is 293 g/mol. The Morgan fingerprint density at radius 1 is 1.25 bits per heavy atom. The van der Waals surface area contributed by atoms with Crippen LogP contribution in [0, 0.1) is 5.82 Å². The van der Waals surface area contributed by atoms with Crippen molar-refractivity contribution in [2.75, 3.05) is 0 Å². The van der Waals surface area contributed by atoms with Crippen molar-refractivity contribution in [2.24, 2.45) is 0 Å². The molecule has 1 aliphatic carbocycles. The Balaban J connectivity index is 1.71. The molecule has 0 aromatic heterocycles. The summed E-state index contributed by atoms with van der Waals surface area (Å²) in [6.45, 7) is 0.287. The van der Waals surface area contributed by atoms with Gasteiger partial charge >= 0.3 is 0 Å². The van der Waals surface area contributed by atoms with Crippen LogP contribution in [0.3, 0.4) is 0 Å². The van der Waals surface area contributed by atoms with E-state index >= 15 is 0 Å². The molecular weight excluding hydrogens is 279 g/mol. The van der Waals surface area contributed by atoms with Gasteiger partial charge in [0.15, 0.2) is 0 Å². The lowest BCUT2D eigenvalue weighted by Gasteiger charge is -2.09. The van der Waals surface area contributed by atoms with Crippen LogP contribution in [-0.4, -0.2) is 5.11 Å². The van der Waals surface area contributed by atoms with E-state index in [2.05, 4.69) is 0 Å². The van der Waals surface area contributed by atoms with Crippen molar-refractivity contribution >= 4 is 11.6 Å². The highest BCUT2D eigenvalue weighted by atomic mass is 35.5. The average Bonchev–Trinajstić information content (AvgIpc) is 2.81. The maximum absolute atomic E-state index is 13.3. The molecule has 4 heteroatoms. The van der Waals surface area contributed by atoms with Crippen LogP contribution in [-0.2, 0) is 13.0 Å². The summed E-state index contributed by atoms with van der Waals surface area (Å²) < 4.78 is 19.0. The summed E-state index contributed by atoms with van der Waals surface area (Å²) in [4.78, 5) is 0. The minimum atomic E-state index is -0.440. The summed E-state index contributed by atoms with van der Waals surface area (Å²) in [7, 11) is 0. The van der Waals surface area contributed by atoms with E-state index in [0.29, 0.717) is 0 Å². The van der Waals surface area contributed by atoms with E-state index in [1.807, 2.05) is 18.2 Å². The van der Waals surface area contributed by atoms with Crippen LogP contribution in [0.25, 0.3) is 0 Å². The van der Waals surface area contributed by atoms with Crippen molar-refractivity contribution in [2.45, 2.75) is 25.6 Å². The van der Waals surface area contributed by atoms with Crippen molar-refractivity contribution in [3.05, 3.63) is 63.9 Å². The van der Waals surface area contributed by atoms with Crippen molar-refractivity contribution in [3.63, 3.8) is 0 Å². The van der Waals surface area contributed by atoms with Crippen LogP contribution in [0.4, 0.5) is 4.39 Å². The molecule has 3 rings (SSSR count). The fraction of sp³-hybridized carbons (Fsp3) is 0.250. The van der Waals surface area contributed by atoms with Gasteiger partial charge in [0.2, 0.25) is 0 Å². The molecule has 1 N–H and O–H groups in total. The molecule has 0 bridgehead atoms. The lowest BCUT2D eigenvalue weighted by molar-refractivity contribution is 0.180. The number of hydrogen-bond donors (Lipinski definition) is 1. The number of rotatable bonds is 3. The summed E-state index contributed by atoms with van der Waals surface area (Å²) in [6, 6.07) is 10.3. The van der Waals surface area contributed by atoms with E-state index in [1.54, 1.807) is 6.07 Å². The van der Waals surface area contributed by atoms with Gasteiger partial charge in [0, 0.05) is 0 Å². The summed E-state index contributed by atoms with van der Waals surface area (Å²) in [5.41, 5.74) is 2.83. The maximum Gasteiger partial charge on any atom is 0.142 e. The third-order valence-electron chi connectivity index (χ3n) is 3.55. The summed E-state index contributed by atoms with van der Waals surface area (Å²) in [5, 5.41) is 9.85. The van der Waals surface area contributed by atoms with Crippen LogP contribution < -0.4 is 4.74 Å². The number of ether oxygens (including phenoxy) is 1. The zero-order valence-corrected chi connectivity index (χ0v) is 11.5. The molecule has 0 radical (unpaired) electrons. The Labute approximate surface area is 121 Å². The molecule has 104 valence electrons. The van der Waals surface area contributed by atoms with Gasteiger partial charge in [0.25, 0.3) is 0 Å². The fourth-order valence-corrected chi connectivity index (χ4v) is 2.57. The molecule has 0 saturated heterocycles. The largest absolute Gasteiger partial charge is 0.489 e. The third-order valence-corrected chi connectivity index (χ3v) is 3.86. The van der Waals surface area contributed by atoms with Crippen molar-refractivity contribution in [1.29, 1.82) is 0 Å². The zero-order chi connectivity index (χ0) is 14.1. The number of aliphatic hydroxyl groups excluding tert-OH is 1. The molecule has 2 aromatic rings. The molecule has 0 spiro atoms. The number of aryl methyl sites for hydroxylation is 1. The maximum atomic E-state index is 13.3. The Morgan fingerprint density at radius 3 is 2.90 bits per heavy atom. The topological polar surface area (TPSA) is 29.5 Å². The van der Waals surface area contributed by atoms with Crippen LogP contribution >= 0.6 is 11.6 Å². The van der Waals surface area contributed by atoms with Gasteiger partial charge in [-0.25, -0.2) is 4.39 Å². The lowest BCUT2D eigenvalue weighted by Crippen LogP contribution is -1.97. The van der Waals surface area contributed by atoms with Gasteiger partial charge in [-0.1, -0.05) is 23.7 Å². The van der Waals surface area contributed by atoms with E-state index in [-0.39, 0.29) is 17.7 Å². The van der Waals surface area contributed by atoms with Gasteiger partial charge in [-0.3, -0.25) is 0 Å². The quantitative estimate of drug-likeness (QED) is 0.925. The van der Waals surface area contributed by atoms with E-state index < -0.39 is 5.82 Å². The zero-order valence-electron chi connectivity index (χ0n) is 10.8. The molecule has 1 atom stereocenters. The number of benzene rings is 2. The van der Waals surface area contributed by atoms with Gasteiger partial charge < -0.3 is 9.84 Å². The number of halogens is 2. The number of aliphatic hydroxyl groups is 1. The van der Waals surface area contributed by atoms with Crippen LogP contribution in [0.15, 0.2) is 36.4 Å². The molecule has 0 saturated carbocycles. The van der Waals surface area contributed by atoms with Gasteiger partial charge in [0.1, 0.15) is 18.2 Å². The highest BCUT2D eigenvalue weighted by molar-refractivity contribution is 6.30. The SMILES string of the molecule is OC1CCc2cc(OCc3ccc(Cl)c(F)c3)ccc21. The standard InChI is InChI=1S/C16H14ClFO2/c17-14-5-1-10(7-15(14)18)9-20-12-3-4-13-11(8-12)2-6-16(13)19/h1,3-5,7-8,16,19H,2,6,9H2. The predicted octanol–water partition coefficient (Wildman–Crippen LogP) is 4.04. The van der Waals surface area contributed by atoms with Crippen LogP contribution in [0.2, 0.25) is 5.02 Å². The van der Waals surface area contributed by atoms with E-state index in [1.165, 1.54) is 12.1 Å². The van der Waals surface area contributed by atoms with Crippen LogP contribution in [0.5, 0.6) is 5.75 Å². The van der Waals surface area contributed by atoms with Crippen molar-refractivity contribution in [3.8, 4) is 5.75 Å². The van der Waals surface area contributed by atoms with Crippen LogP contribution in [0.1, 0.15) is 29.2 Å². The first-order valence-electron chi connectivity index (χ1n) is 6.51. The minimum Gasteiger partial charge on any atom is -0.489 e. The first-order valence-corrected chi connectivity index (χ1v) is 6.89. The van der Waals surface area contributed by atoms with Gasteiger partial charge in [-0.2, -0.15) is 0 Å². The fourth-order valence-electron chi connectivity index (χ4n) is 2.46. The van der Waals surface area contributed by atoms with Crippen molar-refractivity contribution < 1.29 is 14.2 Å². The normalized spacial score (nSPS) is 17.1. The minimum absolute atomic E-state index is 0.111. The Kier molecular flexibility index (Phi) is 3.64. The third kappa shape index (κ3) is 2.65. The van der Waals surface area contributed by atoms with Gasteiger partial charge in [-0.05, 0) is 53.8 Å². The van der Waals surface area contributed by atoms with E-state index in [9.17, 15) is 9.50 Å². The first kappa shape index (κ1) is 13.4. The highest BCUT2D eigenvalue weighted by Crippen LogP contribution is 2.33. The lowest BCUT2D eigenvalue weighted by atomic mass is 10.1. The molecular formula is C16H14ClFO2. The second-order valence-electron chi connectivity index (χ2n) is 4.95. The Hall–Kier alpha value is -1.58. The molecule has 0 heterocycles. The molecule has 1 aliphatic rings. The number of fused-ring (bicyclic) bond motifs is 1. The highest BCUT2D eigenvalue weighted by Gasteiger charge is 2.20. The predicted molar refractivity (Wildman–Crippen MR) is 75.5 cm³/mol. The smallest absolute Gasteiger partial charge is 0.142 e. The second-order valence-corrected chi connectivity index (χ2v) is 5.36. The second kappa shape index (κ2) is 5.43. The van der Waals surface area contributed by atoms with Gasteiger partial charge in [0.05, 0.1) is 11.1 Å². The molecule has 20 heavy (non-hydrogen) atoms. The summed E-state index contributed by atoms with van der Waals surface area (Å²) in [5.74, 6) is 0.290. The molecule has 2 nitrogen and oxygen atoms in total. The van der Waals surface area contributed by atoms with E-state index in [0.717, 1.165) is 35.3 Å². The molecule has 1 unspecified atom stereocenters. The van der Waals surface area contributed by atoms with Crippen molar-refractivity contribution in [1.82, 2.24) is 0 Å². The molecule has 0 fully saturated rings. The summed E-state index contributed by atoms with van der Waals surface area (Å²) >= 11 is 5.64. The Bertz CT molecular complexity index is 642. The molecule has 0 aliphatic heterocycles. The van der Waals surface area contributed by atoms with Gasteiger partial charge in [-0.15, -0.1) is 0 Å².